The van der Waals surface area contributed by atoms with Gasteiger partial charge in [-0.05, 0) is 51.9 Å². The number of nitrogens with zero attached hydrogens (tertiary/aromatic N) is 4. The Hall–Kier alpha value is -1.14. The molecule has 1 N–H and O–H groups in total. The van der Waals surface area contributed by atoms with Crippen molar-refractivity contribution in [2.45, 2.75) is 39.8 Å². The van der Waals surface area contributed by atoms with E-state index in [2.05, 4.69) is 33.4 Å². The number of aromatic nitrogens is 4. The Morgan fingerprint density at radius 3 is 2.85 bits per heavy atom. The fourth-order valence-electron chi connectivity index (χ4n) is 3.28. The monoisotopic (exact) mass is 293 g/mol. The van der Waals surface area contributed by atoms with Crippen molar-refractivity contribution in [2.24, 2.45) is 13.0 Å². The largest absolute Gasteiger partial charge is 0.328 e. The van der Waals surface area contributed by atoms with Crippen molar-refractivity contribution in [2.75, 3.05) is 13.1 Å². The summed E-state index contributed by atoms with van der Waals surface area (Å²) in [6.07, 6.45) is 1.25. The number of aryl methyl sites for hydroxylation is 2. The molecule has 1 fully saturated rings. The summed E-state index contributed by atoms with van der Waals surface area (Å²) in [5.74, 6) is 0.679. The first-order chi connectivity index (χ1) is 9.47. The normalized spacial score (nSPS) is 20.6. The van der Waals surface area contributed by atoms with E-state index in [0.29, 0.717) is 12.0 Å². The Labute approximate surface area is 124 Å². The maximum Gasteiger partial charge on any atom is 0.179 e. The Balaban J connectivity index is 1.88. The Morgan fingerprint density at radius 2 is 2.20 bits per heavy atom. The number of aromatic amines is 1. The van der Waals surface area contributed by atoms with E-state index >= 15 is 0 Å². The van der Waals surface area contributed by atoms with Gasteiger partial charge in [0.05, 0.1) is 5.69 Å². The first kappa shape index (κ1) is 13.8. The molecule has 3 rings (SSSR count). The molecule has 1 saturated heterocycles. The Bertz CT molecular complexity index is 678. The molecule has 1 aliphatic rings. The predicted molar refractivity (Wildman–Crippen MR) is 83.4 cm³/mol. The van der Waals surface area contributed by atoms with Crippen LogP contribution in [0.4, 0.5) is 0 Å². The number of nitrogens with one attached hydrogen (secondary N) is 1. The van der Waals surface area contributed by atoms with Gasteiger partial charge in [-0.25, -0.2) is 0 Å². The van der Waals surface area contributed by atoms with Crippen LogP contribution in [0.5, 0.6) is 0 Å². The molecule has 1 atom stereocenters. The van der Waals surface area contributed by atoms with E-state index in [4.69, 9.17) is 12.2 Å². The van der Waals surface area contributed by atoms with Crippen molar-refractivity contribution >= 4 is 23.4 Å². The molecular weight excluding hydrogens is 270 g/mol. The van der Waals surface area contributed by atoms with Crippen LogP contribution in [0, 0.1) is 17.6 Å². The van der Waals surface area contributed by atoms with Crippen molar-refractivity contribution < 1.29 is 0 Å². The van der Waals surface area contributed by atoms with E-state index in [-0.39, 0.29) is 0 Å². The third-order valence-corrected chi connectivity index (χ3v) is 4.74. The Kier molecular flexibility index (Phi) is 3.46. The lowest BCUT2D eigenvalue weighted by atomic mass is 10.1. The summed E-state index contributed by atoms with van der Waals surface area (Å²) >= 11 is 5.49. The van der Waals surface area contributed by atoms with Gasteiger partial charge >= 0.3 is 0 Å². The molecule has 110 valence electrons. The van der Waals surface area contributed by atoms with Crippen LogP contribution in [0.15, 0.2) is 0 Å². The summed E-state index contributed by atoms with van der Waals surface area (Å²) in [5.41, 5.74) is 3.22. The fraction of sp³-hybridized carbons (Fsp3) is 0.714. The van der Waals surface area contributed by atoms with Crippen LogP contribution in [-0.4, -0.2) is 43.4 Å². The maximum absolute atomic E-state index is 5.49. The zero-order valence-electron chi connectivity index (χ0n) is 12.7. The van der Waals surface area contributed by atoms with Crippen molar-refractivity contribution in [1.29, 1.82) is 0 Å². The highest BCUT2D eigenvalue weighted by atomic mass is 32.1. The minimum atomic E-state index is 0.637. The molecule has 5 nitrogen and oxygen atoms in total. The molecule has 0 spiro atoms. The molecule has 0 amide bonds. The molecule has 1 aliphatic heterocycles. The van der Waals surface area contributed by atoms with Crippen LogP contribution in [-0.2, 0) is 13.6 Å². The van der Waals surface area contributed by atoms with Crippen LogP contribution in [0.3, 0.4) is 0 Å². The number of H-pyrrole nitrogens is 1. The van der Waals surface area contributed by atoms with Crippen LogP contribution in [0.2, 0.25) is 0 Å². The molecule has 0 aromatic carbocycles. The fourth-order valence-corrected chi connectivity index (χ4v) is 3.54. The summed E-state index contributed by atoms with van der Waals surface area (Å²) in [6.45, 7) is 9.92. The maximum atomic E-state index is 5.49. The van der Waals surface area contributed by atoms with Gasteiger partial charge in [-0.15, -0.1) is 0 Å². The molecule has 0 aliphatic carbocycles. The van der Waals surface area contributed by atoms with Crippen LogP contribution < -0.4 is 0 Å². The quantitative estimate of drug-likeness (QED) is 0.884. The number of likely N-dealkylation sites (tertiary alicyclic amines) is 1. The second-order valence-electron chi connectivity index (χ2n) is 6.19. The molecule has 0 radical (unpaired) electrons. The molecule has 20 heavy (non-hydrogen) atoms. The first-order valence-corrected chi connectivity index (χ1v) is 7.74. The van der Waals surface area contributed by atoms with E-state index in [9.17, 15) is 0 Å². The van der Waals surface area contributed by atoms with Crippen molar-refractivity contribution in [3.8, 4) is 0 Å². The van der Waals surface area contributed by atoms with Gasteiger partial charge in [0.15, 0.2) is 10.4 Å². The highest BCUT2D eigenvalue weighted by molar-refractivity contribution is 7.71. The molecule has 3 heterocycles. The molecule has 0 bridgehead atoms. The van der Waals surface area contributed by atoms with Gasteiger partial charge in [-0.3, -0.25) is 4.68 Å². The molecule has 1 unspecified atom stereocenters. The SMILES string of the molecule is Cc1nn(C)c2c1[nH]c(=S)n2CC1CCN(C(C)C)C1. The molecular formula is C14H23N5S. The highest BCUT2D eigenvalue weighted by Gasteiger charge is 2.25. The third-order valence-electron chi connectivity index (χ3n) is 4.41. The molecule has 6 heteroatoms. The molecule has 0 saturated carbocycles. The number of imidazole rings is 1. The lowest BCUT2D eigenvalue weighted by Gasteiger charge is -2.20. The van der Waals surface area contributed by atoms with E-state index < -0.39 is 0 Å². The standard InChI is InChI=1S/C14H23N5S/c1-9(2)18-6-5-11(7-18)8-19-13-12(15-14(19)20)10(3)16-17(13)4/h9,11H,5-8H2,1-4H3,(H,15,20). The summed E-state index contributed by atoms with van der Waals surface area (Å²) in [7, 11) is 1.99. The second kappa shape index (κ2) is 5.00. The van der Waals surface area contributed by atoms with Gasteiger partial charge in [0.1, 0.15) is 5.52 Å². The van der Waals surface area contributed by atoms with Gasteiger partial charge in [0, 0.05) is 26.2 Å². The lowest BCUT2D eigenvalue weighted by Crippen LogP contribution is -2.28. The van der Waals surface area contributed by atoms with Crippen molar-refractivity contribution in [3.63, 3.8) is 0 Å². The van der Waals surface area contributed by atoms with Crippen molar-refractivity contribution in [3.05, 3.63) is 10.5 Å². The minimum absolute atomic E-state index is 0.637. The van der Waals surface area contributed by atoms with E-state index in [1.165, 1.54) is 19.5 Å². The van der Waals surface area contributed by atoms with Crippen LogP contribution in [0.25, 0.3) is 11.2 Å². The number of hydrogen-bond acceptors (Lipinski definition) is 3. The summed E-state index contributed by atoms with van der Waals surface area (Å²) < 4.78 is 4.98. The van der Waals surface area contributed by atoms with Gasteiger partial charge in [-0.2, -0.15) is 5.10 Å². The topological polar surface area (TPSA) is 41.8 Å². The average Bonchev–Trinajstić information content (AvgIpc) is 3.01. The number of fused-ring (bicyclic) bond motifs is 1. The smallest absolute Gasteiger partial charge is 0.179 e. The van der Waals surface area contributed by atoms with Crippen LogP contribution in [0.1, 0.15) is 26.0 Å². The van der Waals surface area contributed by atoms with Gasteiger partial charge < -0.3 is 14.5 Å². The van der Waals surface area contributed by atoms with Gasteiger partial charge in [0.2, 0.25) is 0 Å². The van der Waals surface area contributed by atoms with Gasteiger partial charge in [0.25, 0.3) is 0 Å². The van der Waals surface area contributed by atoms with E-state index in [1.807, 2.05) is 18.7 Å². The third kappa shape index (κ3) is 2.20. The summed E-state index contributed by atoms with van der Waals surface area (Å²) in [6, 6.07) is 0.637. The number of hydrogen-bond donors (Lipinski definition) is 1. The zero-order chi connectivity index (χ0) is 14.4. The Morgan fingerprint density at radius 1 is 1.45 bits per heavy atom. The minimum Gasteiger partial charge on any atom is -0.328 e. The highest BCUT2D eigenvalue weighted by Crippen LogP contribution is 2.23. The number of rotatable bonds is 3. The molecule has 2 aromatic heterocycles. The second-order valence-corrected chi connectivity index (χ2v) is 6.58. The van der Waals surface area contributed by atoms with Crippen LogP contribution >= 0.6 is 12.2 Å². The average molecular weight is 293 g/mol. The first-order valence-electron chi connectivity index (χ1n) is 7.33. The zero-order valence-corrected chi connectivity index (χ0v) is 13.5. The molecule has 2 aromatic rings. The summed E-state index contributed by atoms with van der Waals surface area (Å²) in [5, 5.41) is 4.48. The van der Waals surface area contributed by atoms with Gasteiger partial charge in [-0.1, -0.05) is 0 Å². The van der Waals surface area contributed by atoms with E-state index in [1.54, 1.807) is 0 Å². The lowest BCUT2D eigenvalue weighted by molar-refractivity contribution is 0.261. The van der Waals surface area contributed by atoms with E-state index in [0.717, 1.165) is 28.2 Å². The predicted octanol–water partition coefficient (Wildman–Crippen LogP) is 2.47. The van der Waals surface area contributed by atoms with Crippen molar-refractivity contribution in [1.82, 2.24) is 24.2 Å². The summed E-state index contributed by atoms with van der Waals surface area (Å²) in [4.78, 5) is 5.85.